The zero-order chi connectivity index (χ0) is 15.5. The van der Waals surface area contributed by atoms with E-state index in [0.29, 0.717) is 13.2 Å². The van der Waals surface area contributed by atoms with Gasteiger partial charge >= 0.3 is 0 Å². The monoisotopic (exact) mass is 283 g/mol. The van der Waals surface area contributed by atoms with Crippen molar-refractivity contribution in [3.63, 3.8) is 0 Å². The molecular weight excluding hydrogens is 258 g/mol. The predicted molar refractivity (Wildman–Crippen MR) is 88.5 cm³/mol. The predicted octanol–water partition coefficient (Wildman–Crippen LogP) is 4.33. The minimum Gasteiger partial charge on any atom is -0.489 e. The summed E-state index contributed by atoms with van der Waals surface area (Å²) in [4.78, 5) is 0. The summed E-state index contributed by atoms with van der Waals surface area (Å²) >= 11 is 0. The van der Waals surface area contributed by atoms with Crippen LogP contribution in [0.5, 0.6) is 5.75 Å². The van der Waals surface area contributed by atoms with Gasteiger partial charge in [0.25, 0.3) is 0 Å². The number of aryl methyl sites for hydroxylation is 1. The van der Waals surface area contributed by atoms with Gasteiger partial charge in [-0.2, -0.15) is 0 Å². The third-order valence-electron chi connectivity index (χ3n) is 3.76. The molecular formula is C19H25NO. The fraction of sp³-hybridized carbons (Fsp3) is 0.368. The molecule has 0 radical (unpaired) electrons. The van der Waals surface area contributed by atoms with E-state index in [1.165, 1.54) is 11.1 Å². The highest BCUT2D eigenvalue weighted by Crippen LogP contribution is 2.28. The largest absolute Gasteiger partial charge is 0.489 e. The molecule has 2 aromatic rings. The van der Waals surface area contributed by atoms with Crippen molar-refractivity contribution in [2.75, 3.05) is 0 Å². The Bertz CT molecular complexity index is 611. The molecule has 0 spiro atoms. The molecule has 2 N–H and O–H groups in total. The molecule has 0 heterocycles. The number of hydrogen-bond acceptors (Lipinski definition) is 2. The second kappa shape index (κ2) is 6.31. The highest BCUT2D eigenvalue weighted by Gasteiger charge is 2.14. The Morgan fingerprint density at radius 3 is 2.24 bits per heavy atom. The molecule has 0 aliphatic rings. The van der Waals surface area contributed by atoms with Crippen LogP contribution >= 0.6 is 0 Å². The molecule has 0 amide bonds. The summed E-state index contributed by atoms with van der Waals surface area (Å²) in [6.45, 7) is 9.86. The first-order valence-corrected chi connectivity index (χ1v) is 7.42. The van der Waals surface area contributed by atoms with Gasteiger partial charge in [0, 0.05) is 6.54 Å². The topological polar surface area (TPSA) is 35.2 Å². The summed E-state index contributed by atoms with van der Waals surface area (Å²) in [6, 6.07) is 14.6. The maximum Gasteiger partial charge on any atom is 0.122 e. The highest BCUT2D eigenvalue weighted by atomic mass is 16.5. The van der Waals surface area contributed by atoms with Crippen molar-refractivity contribution in [2.45, 2.75) is 46.3 Å². The fourth-order valence-electron chi connectivity index (χ4n) is 2.33. The van der Waals surface area contributed by atoms with E-state index >= 15 is 0 Å². The Kier molecular flexibility index (Phi) is 4.69. The van der Waals surface area contributed by atoms with E-state index in [9.17, 15) is 0 Å². The maximum absolute atomic E-state index is 5.98. The van der Waals surface area contributed by atoms with Crippen molar-refractivity contribution in [3.05, 3.63) is 64.7 Å². The molecule has 0 bridgehead atoms. The van der Waals surface area contributed by atoms with Gasteiger partial charge in [0.2, 0.25) is 0 Å². The molecule has 0 unspecified atom stereocenters. The molecule has 0 saturated carbocycles. The lowest BCUT2D eigenvalue weighted by molar-refractivity contribution is 0.302. The molecule has 0 aliphatic heterocycles. The molecule has 112 valence electrons. The van der Waals surface area contributed by atoms with Crippen LogP contribution in [-0.2, 0) is 18.6 Å². The van der Waals surface area contributed by atoms with Gasteiger partial charge in [-0.05, 0) is 40.7 Å². The average molecular weight is 283 g/mol. The molecule has 0 aliphatic carbocycles. The summed E-state index contributed by atoms with van der Waals surface area (Å²) in [5, 5.41) is 0. The molecule has 2 nitrogen and oxygen atoms in total. The first-order valence-electron chi connectivity index (χ1n) is 7.42. The van der Waals surface area contributed by atoms with E-state index in [2.05, 4.69) is 52.0 Å². The third kappa shape index (κ3) is 3.85. The zero-order valence-corrected chi connectivity index (χ0v) is 13.4. The Balaban J connectivity index is 2.14. The molecule has 0 saturated heterocycles. The lowest BCUT2D eigenvalue weighted by Gasteiger charge is -2.20. The summed E-state index contributed by atoms with van der Waals surface area (Å²) in [7, 11) is 0. The summed E-state index contributed by atoms with van der Waals surface area (Å²) in [5.41, 5.74) is 10.7. The van der Waals surface area contributed by atoms with Gasteiger partial charge in [0.05, 0.1) is 0 Å². The molecule has 21 heavy (non-hydrogen) atoms. The second-order valence-corrected chi connectivity index (χ2v) is 6.49. The SMILES string of the molecule is Cc1cc(C(C)(C)C)ccc1OCc1ccccc1CN. The van der Waals surface area contributed by atoms with Crippen LogP contribution < -0.4 is 10.5 Å². The summed E-state index contributed by atoms with van der Waals surface area (Å²) in [6.07, 6.45) is 0. The van der Waals surface area contributed by atoms with Crippen LogP contribution in [0.2, 0.25) is 0 Å². The van der Waals surface area contributed by atoms with Gasteiger partial charge in [0.15, 0.2) is 0 Å². The van der Waals surface area contributed by atoms with Crippen molar-refractivity contribution in [1.29, 1.82) is 0 Å². The number of hydrogen-bond donors (Lipinski definition) is 1. The molecule has 2 rings (SSSR count). The van der Waals surface area contributed by atoms with Gasteiger partial charge in [0.1, 0.15) is 12.4 Å². The number of benzene rings is 2. The Hall–Kier alpha value is -1.80. The number of nitrogens with two attached hydrogens (primary N) is 1. The first kappa shape index (κ1) is 15.6. The number of ether oxygens (including phenoxy) is 1. The van der Waals surface area contributed by atoms with Crippen LogP contribution in [0.1, 0.15) is 43.0 Å². The van der Waals surface area contributed by atoms with E-state index in [1.807, 2.05) is 18.2 Å². The quantitative estimate of drug-likeness (QED) is 0.906. The molecule has 0 fully saturated rings. The maximum atomic E-state index is 5.98. The Labute approximate surface area is 127 Å². The van der Waals surface area contributed by atoms with Crippen LogP contribution in [0.4, 0.5) is 0 Å². The normalized spacial score (nSPS) is 11.5. The number of rotatable bonds is 4. The van der Waals surface area contributed by atoms with Gasteiger partial charge in [-0.3, -0.25) is 0 Å². The van der Waals surface area contributed by atoms with Gasteiger partial charge in [-0.1, -0.05) is 57.2 Å². The minimum absolute atomic E-state index is 0.162. The molecule has 0 atom stereocenters. The summed E-state index contributed by atoms with van der Waals surface area (Å²) in [5.74, 6) is 0.940. The van der Waals surface area contributed by atoms with Crippen molar-refractivity contribution in [2.24, 2.45) is 5.73 Å². The lowest BCUT2D eigenvalue weighted by Crippen LogP contribution is -2.11. The first-order chi connectivity index (χ1) is 9.91. The highest BCUT2D eigenvalue weighted by molar-refractivity contribution is 5.39. The minimum atomic E-state index is 0.162. The Morgan fingerprint density at radius 2 is 1.67 bits per heavy atom. The third-order valence-corrected chi connectivity index (χ3v) is 3.76. The van der Waals surface area contributed by atoms with E-state index in [-0.39, 0.29) is 5.41 Å². The fourth-order valence-corrected chi connectivity index (χ4v) is 2.33. The average Bonchev–Trinajstić information content (AvgIpc) is 2.45. The van der Waals surface area contributed by atoms with E-state index in [1.54, 1.807) is 0 Å². The lowest BCUT2D eigenvalue weighted by atomic mass is 9.86. The second-order valence-electron chi connectivity index (χ2n) is 6.49. The summed E-state index contributed by atoms with van der Waals surface area (Å²) < 4.78 is 5.98. The molecule has 2 aromatic carbocycles. The van der Waals surface area contributed by atoms with Crippen LogP contribution in [-0.4, -0.2) is 0 Å². The van der Waals surface area contributed by atoms with Crippen molar-refractivity contribution in [1.82, 2.24) is 0 Å². The van der Waals surface area contributed by atoms with E-state index in [0.717, 1.165) is 16.9 Å². The van der Waals surface area contributed by atoms with Crippen LogP contribution in [0.25, 0.3) is 0 Å². The van der Waals surface area contributed by atoms with Crippen LogP contribution in [0, 0.1) is 6.92 Å². The van der Waals surface area contributed by atoms with Crippen molar-refractivity contribution < 1.29 is 4.74 Å². The standard InChI is InChI=1S/C19H25NO/c1-14-11-17(19(2,3)4)9-10-18(14)21-13-16-8-6-5-7-15(16)12-20/h5-11H,12-13,20H2,1-4H3. The van der Waals surface area contributed by atoms with Crippen molar-refractivity contribution >= 4 is 0 Å². The van der Waals surface area contributed by atoms with Gasteiger partial charge < -0.3 is 10.5 Å². The zero-order valence-electron chi connectivity index (χ0n) is 13.4. The smallest absolute Gasteiger partial charge is 0.122 e. The Morgan fingerprint density at radius 1 is 1.00 bits per heavy atom. The van der Waals surface area contributed by atoms with Crippen LogP contribution in [0.3, 0.4) is 0 Å². The molecule has 2 heteroatoms. The van der Waals surface area contributed by atoms with Gasteiger partial charge in [-0.25, -0.2) is 0 Å². The van der Waals surface area contributed by atoms with E-state index in [4.69, 9.17) is 10.5 Å². The van der Waals surface area contributed by atoms with Gasteiger partial charge in [-0.15, -0.1) is 0 Å². The van der Waals surface area contributed by atoms with Crippen molar-refractivity contribution in [3.8, 4) is 5.75 Å². The van der Waals surface area contributed by atoms with E-state index < -0.39 is 0 Å². The van der Waals surface area contributed by atoms with Crippen LogP contribution in [0.15, 0.2) is 42.5 Å². The molecule has 0 aromatic heterocycles.